The van der Waals surface area contributed by atoms with Gasteiger partial charge in [-0.3, -0.25) is 0 Å². The van der Waals surface area contributed by atoms with Gasteiger partial charge in [0.05, 0.1) is 6.61 Å². The van der Waals surface area contributed by atoms with E-state index in [0.717, 1.165) is 19.7 Å². The highest BCUT2D eigenvalue weighted by molar-refractivity contribution is 4.67. The minimum atomic E-state index is 0.474. The molecule has 0 aromatic rings. The van der Waals surface area contributed by atoms with E-state index in [2.05, 4.69) is 12.2 Å². The van der Waals surface area contributed by atoms with Crippen molar-refractivity contribution in [1.29, 1.82) is 0 Å². The van der Waals surface area contributed by atoms with Crippen LogP contribution in [0.3, 0.4) is 0 Å². The van der Waals surface area contributed by atoms with Crippen molar-refractivity contribution in [1.82, 2.24) is 5.32 Å². The lowest BCUT2D eigenvalue weighted by Crippen LogP contribution is -2.37. The Hall–Kier alpha value is -0.120. The summed E-state index contributed by atoms with van der Waals surface area (Å²) in [6.07, 6.45) is 6.45. The van der Waals surface area contributed by atoms with Crippen LogP contribution in [-0.4, -0.2) is 32.8 Å². The highest BCUT2D eigenvalue weighted by Gasteiger charge is 2.04. The molecule has 0 heterocycles. The van der Waals surface area contributed by atoms with Crippen LogP contribution in [0.15, 0.2) is 0 Å². The first-order valence-electron chi connectivity index (χ1n) is 5.77. The Morgan fingerprint density at radius 2 is 2.07 bits per heavy atom. The monoisotopic (exact) mass is 202 g/mol. The third-order valence-corrected chi connectivity index (χ3v) is 2.43. The maximum absolute atomic E-state index is 5.67. The number of unbranched alkanes of at least 4 members (excludes halogenated alkanes) is 3. The molecule has 0 spiro atoms. The van der Waals surface area contributed by atoms with Crippen LogP contribution in [-0.2, 0) is 4.74 Å². The summed E-state index contributed by atoms with van der Waals surface area (Å²) in [6, 6.07) is 0.474. The molecule has 86 valence electrons. The molecule has 3 N–H and O–H groups in total. The Morgan fingerprint density at radius 1 is 1.29 bits per heavy atom. The summed E-state index contributed by atoms with van der Waals surface area (Å²) in [5.41, 5.74) is 5.67. The van der Waals surface area contributed by atoms with Crippen molar-refractivity contribution in [2.75, 3.05) is 26.8 Å². The third-order valence-electron chi connectivity index (χ3n) is 2.43. The van der Waals surface area contributed by atoms with Crippen molar-refractivity contribution in [2.45, 2.75) is 45.1 Å². The predicted molar refractivity (Wildman–Crippen MR) is 61.5 cm³/mol. The molecule has 3 nitrogen and oxygen atoms in total. The van der Waals surface area contributed by atoms with Crippen molar-refractivity contribution in [3.05, 3.63) is 0 Å². The fourth-order valence-electron chi connectivity index (χ4n) is 1.49. The normalized spacial score (nSPS) is 13.1. The molecular formula is C11H26N2O. The Balaban J connectivity index is 3.28. The molecule has 0 aliphatic rings. The summed E-state index contributed by atoms with van der Waals surface area (Å²) >= 11 is 0. The zero-order chi connectivity index (χ0) is 10.6. The molecule has 0 rings (SSSR count). The summed E-state index contributed by atoms with van der Waals surface area (Å²) < 4.78 is 4.98. The number of hydrogen-bond acceptors (Lipinski definition) is 3. The van der Waals surface area contributed by atoms with Crippen molar-refractivity contribution in [3.63, 3.8) is 0 Å². The molecule has 0 amide bonds. The van der Waals surface area contributed by atoms with Gasteiger partial charge < -0.3 is 15.8 Å². The highest BCUT2D eigenvalue weighted by atomic mass is 16.5. The Morgan fingerprint density at radius 3 is 2.64 bits per heavy atom. The van der Waals surface area contributed by atoms with Gasteiger partial charge in [-0.2, -0.15) is 0 Å². The van der Waals surface area contributed by atoms with Crippen molar-refractivity contribution >= 4 is 0 Å². The Kier molecular flexibility index (Phi) is 10.9. The van der Waals surface area contributed by atoms with Crippen LogP contribution in [0, 0.1) is 0 Å². The number of methoxy groups -OCH3 is 1. The molecule has 0 radical (unpaired) electrons. The molecule has 14 heavy (non-hydrogen) atoms. The van der Waals surface area contributed by atoms with E-state index in [1.807, 2.05) is 0 Å². The average molecular weight is 202 g/mol. The number of nitrogens with two attached hydrogens (primary N) is 1. The SMILES string of the molecule is CCCCCCC(CN)NCCOC. The van der Waals surface area contributed by atoms with Gasteiger partial charge in [0.15, 0.2) is 0 Å². The molecule has 0 saturated heterocycles. The molecule has 0 bridgehead atoms. The van der Waals surface area contributed by atoms with E-state index >= 15 is 0 Å². The van der Waals surface area contributed by atoms with E-state index < -0.39 is 0 Å². The number of rotatable bonds is 10. The Labute approximate surface area is 88.4 Å². The van der Waals surface area contributed by atoms with Gasteiger partial charge in [0.2, 0.25) is 0 Å². The molecule has 1 unspecified atom stereocenters. The zero-order valence-electron chi connectivity index (χ0n) is 9.72. The summed E-state index contributed by atoms with van der Waals surface area (Å²) in [6.45, 7) is 4.64. The highest BCUT2D eigenvalue weighted by Crippen LogP contribution is 2.04. The van der Waals surface area contributed by atoms with Crippen LogP contribution in [0.25, 0.3) is 0 Å². The molecule has 0 aliphatic heterocycles. The van der Waals surface area contributed by atoms with Gasteiger partial charge >= 0.3 is 0 Å². The van der Waals surface area contributed by atoms with Gasteiger partial charge in [0.25, 0.3) is 0 Å². The zero-order valence-corrected chi connectivity index (χ0v) is 9.72. The second-order valence-corrected chi connectivity index (χ2v) is 3.73. The molecule has 0 aliphatic carbocycles. The van der Waals surface area contributed by atoms with Gasteiger partial charge in [0, 0.05) is 26.2 Å². The Bertz CT molecular complexity index is 109. The quantitative estimate of drug-likeness (QED) is 0.528. The van der Waals surface area contributed by atoms with E-state index in [4.69, 9.17) is 10.5 Å². The lowest BCUT2D eigenvalue weighted by atomic mass is 10.1. The molecule has 0 saturated carbocycles. The number of nitrogens with one attached hydrogen (secondary N) is 1. The van der Waals surface area contributed by atoms with Gasteiger partial charge in [-0.1, -0.05) is 32.6 Å². The van der Waals surface area contributed by atoms with Crippen LogP contribution in [0.2, 0.25) is 0 Å². The van der Waals surface area contributed by atoms with Crippen molar-refractivity contribution in [3.8, 4) is 0 Å². The molecule has 0 fully saturated rings. The minimum absolute atomic E-state index is 0.474. The van der Waals surface area contributed by atoms with Crippen LogP contribution in [0.1, 0.15) is 39.0 Å². The molecule has 1 atom stereocenters. The third kappa shape index (κ3) is 8.48. The summed E-state index contributed by atoms with van der Waals surface area (Å²) in [4.78, 5) is 0. The molecule has 0 aromatic carbocycles. The van der Waals surface area contributed by atoms with Crippen molar-refractivity contribution in [2.24, 2.45) is 5.73 Å². The average Bonchev–Trinajstić information content (AvgIpc) is 2.22. The lowest BCUT2D eigenvalue weighted by Gasteiger charge is -2.16. The van der Waals surface area contributed by atoms with Gasteiger partial charge in [-0.25, -0.2) is 0 Å². The standard InChI is InChI=1S/C11H26N2O/c1-3-4-5-6-7-11(10-12)13-8-9-14-2/h11,13H,3-10,12H2,1-2H3. The minimum Gasteiger partial charge on any atom is -0.383 e. The number of ether oxygens (including phenoxy) is 1. The second-order valence-electron chi connectivity index (χ2n) is 3.73. The fourth-order valence-corrected chi connectivity index (χ4v) is 1.49. The van der Waals surface area contributed by atoms with E-state index in [0.29, 0.717) is 6.04 Å². The second kappa shape index (κ2) is 11.0. The summed E-state index contributed by atoms with van der Waals surface area (Å²) in [5.74, 6) is 0. The van der Waals surface area contributed by atoms with E-state index in [-0.39, 0.29) is 0 Å². The molecule has 0 aromatic heterocycles. The topological polar surface area (TPSA) is 47.3 Å². The molecular weight excluding hydrogens is 176 g/mol. The van der Waals surface area contributed by atoms with Gasteiger partial charge in [0.1, 0.15) is 0 Å². The van der Waals surface area contributed by atoms with Crippen LogP contribution >= 0.6 is 0 Å². The van der Waals surface area contributed by atoms with E-state index in [1.54, 1.807) is 7.11 Å². The van der Waals surface area contributed by atoms with Gasteiger partial charge in [-0.05, 0) is 6.42 Å². The maximum Gasteiger partial charge on any atom is 0.0587 e. The molecule has 3 heteroatoms. The lowest BCUT2D eigenvalue weighted by molar-refractivity contribution is 0.195. The van der Waals surface area contributed by atoms with Crippen LogP contribution < -0.4 is 11.1 Å². The summed E-state index contributed by atoms with van der Waals surface area (Å²) in [5, 5.41) is 3.40. The number of hydrogen-bond donors (Lipinski definition) is 2. The predicted octanol–water partition coefficient (Wildman–Crippen LogP) is 1.52. The first-order valence-corrected chi connectivity index (χ1v) is 5.77. The van der Waals surface area contributed by atoms with Crippen LogP contribution in [0.5, 0.6) is 0 Å². The van der Waals surface area contributed by atoms with E-state index in [9.17, 15) is 0 Å². The largest absolute Gasteiger partial charge is 0.383 e. The van der Waals surface area contributed by atoms with Gasteiger partial charge in [-0.15, -0.1) is 0 Å². The summed E-state index contributed by atoms with van der Waals surface area (Å²) in [7, 11) is 1.72. The maximum atomic E-state index is 5.67. The first-order chi connectivity index (χ1) is 6.85. The van der Waals surface area contributed by atoms with E-state index in [1.165, 1.54) is 32.1 Å². The van der Waals surface area contributed by atoms with Crippen molar-refractivity contribution < 1.29 is 4.74 Å². The fraction of sp³-hybridized carbons (Fsp3) is 1.00. The smallest absolute Gasteiger partial charge is 0.0587 e. The first kappa shape index (κ1) is 13.9. The van der Waals surface area contributed by atoms with Crippen LogP contribution in [0.4, 0.5) is 0 Å².